The van der Waals surface area contributed by atoms with Gasteiger partial charge in [0.2, 0.25) is 0 Å². The normalized spacial score (nSPS) is 28.4. The maximum absolute atomic E-state index is 11.3. The number of likely N-dealkylation sites (tertiary alicyclic amines) is 1. The molecule has 15 heavy (non-hydrogen) atoms. The molecule has 86 valence electrons. The zero-order chi connectivity index (χ0) is 11.5. The molecular weight excluding hydrogens is 194 g/mol. The lowest BCUT2D eigenvalue weighted by atomic mass is 9.76. The van der Waals surface area contributed by atoms with Gasteiger partial charge in [-0.25, -0.2) is 0 Å². The van der Waals surface area contributed by atoms with Gasteiger partial charge in [-0.2, -0.15) is 0 Å². The molecule has 4 nitrogen and oxygen atoms in total. The molecule has 0 radical (unpaired) electrons. The van der Waals surface area contributed by atoms with Gasteiger partial charge in [0.1, 0.15) is 5.78 Å². The summed E-state index contributed by atoms with van der Waals surface area (Å²) in [7, 11) is 1.99. The summed E-state index contributed by atoms with van der Waals surface area (Å²) in [6, 6.07) is 0. The van der Waals surface area contributed by atoms with Crippen LogP contribution in [-0.4, -0.2) is 41.9 Å². The van der Waals surface area contributed by atoms with E-state index in [-0.39, 0.29) is 12.2 Å². The molecule has 0 spiro atoms. The summed E-state index contributed by atoms with van der Waals surface area (Å²) in [4.78, 5) is 24.6. The molecule has 1 heterocycles. The van der Waals surface area contributed by atoms with Crippen LogP contribution in [0.15, 0.2) is 0 Å². The van der Waals surface area contributed by atoms with Gasteiger partial charge >= 0.3 is 5.97 Å². The largest absolute Gasteiger partial charge is 0.481 e. The molecule has 4 heteroatoms. The summed E-state index contributed by atoms with van der Waals surface area (Å²) in [6.07, 6.45) is 2.23. The van der Waals surface area contributed by atoms with Crippen LogP contribution in [0.1, 0.15) is 32.6 Å². The van der Waals surface area contributed by atoms with Gasteiger partial charge < -0.3 is 10.0 Å². The van der Waals surface area contributed by atoms with Crippen molar-refractivity contribution in [2.75, 3.05) is 20.1 Å². The molecule has 0 aromatic heterocycles. The van der Waals surface area contributed by atoms with Crippen molar-refractivity contribution >= 4 is 11.8 Å². The van der Waals surface area contributed by atoms with Crippen molar-refractivity contribution in [3.63, 3.8) is 0 Å². The number of nitrogens with zero attached hydrogens (tertiary/aromatic N) is 1. The number of carbonyl (C=O) groups excluding carboxylic acids is 1. The number of hydrogen-bond donors (Lipinski definition) is 1. The van der Waals surface area contributed by atoms with Gasteiger partial charge in [0.25, 0.3) is 0 Å². The van der Waals surface area contributed by atoms with Crippen LogP contribution >= 0.6 is 0 Å². The average molecular weight is 213 g/mol. The highest BCUT2D eigenvalue weighted by Gasteiger charge is 2.40. The van der Waals surface area contributed by atoms with E-state index in [1.807, 2.05) is 7.05 Å². The Morgan fingerprint density at radius 1 is 1.33 bits per heavy atom. The van der Waals surface area contributed by atoms with Crippen molar-refractivity contribution in [2.45, 2.75) is 32.6 Å². The van der Waals surface area contributed by atoms with E-state index in [1.54, 1.807) is 0 Å². The van der Waals surface area contributed by atoms with Crippen LogP contribution in [0, 0.1) is 5.41 Å². The van der Waals surface area contributed by atoms with Crippen LogP contribution in [0.3, 0.4) is 0 Å². The molecular formula is C11H19NO3. The van der Waals surface area contributed by atoms with Gasteiger partial charge in [-0.1, -0.05) is 0 Å². The quantitative estimate of drug-likeness (QED) is 0.764. The van der Waals surface area contributed by atoms with E-state index >= 15 is 0 Å². The number of ketones is 1. The smallest absolute Gasteiger partial charge is 0.310 e. The second kappa shape index (κ2) is 4.75. The number of carbonyl (C=O) groups is 2. The summed E-state index contributed by atoms with van der Waals surface area (Å²) in [5.41, 5.74) is -0.809. The summed E-state index contributed by atoms with van der Waals surface area (Å²) < 4.78 is 0. The van der Waals surface area contributed by atoms with E-state index in [0.717, 1.165) is 19.5 Å². The van der Waals surface area contributed by atoms with Crippen molar-refractivity contribution in [3.05, 3.63) is 0 Å². The predicted octanol–water partition coefficient (Wildman–Crippen LogP) is 1.15. The molecule has 0 aromatic carbocycles. The lowest BCUT2D eigenvalue weighted by Crippen LogP contribution is -2.34. The van der Waals surface area contributed by atoms with Crippen LogP contribution in [0.5, 0.6) is 0 Å². The Hall–Kier alpha value is -0.900. The molecule has 1 rings (SSSR count). The van der Waals surface area contributed by atoms with E-state index in [2.05, 4.69) is 4.90 Å². The average Bonchev–Trinajstić information content (AvgIpc) is 2.28. The Labute approximate surface area is 90.3 Å². The topological polar surface area (TPSA) is 57.6 Å². The van der Waals surface area contributed by atoms with Gasteiger partial charge in [0.15, 0.2) is 0 Å². The van der Waals surface area contributed by atoms with Crippen LogP contribution in [0.4, 0.5) is 0 Å². The zero-order valence-electron chi connectivity index (χ0n) is 9.45. The molecule has 0 saturated carbocycles. The number of rotatable bonds is 3. The molecule has 1 aliphatic heterocycles. The number of Topliss-reactive ketones (excluding diaryl/α,β-unsaturated/α-hetero) is 1. The molecule has 0 amide bonds. The van der Waals surface area contributed by atoms with Crippen molar-refractivity contribution < 1.29 is 14.7 Å². The predicted molar refractivity (Wildman–Crippen MR) is 56.7 cm³/mol. The maximum atomic E-state index is 11.3. The Morgan fingerprint density at radius 2 is 2.00 bits per heavy atom. The molecule has 1 atom stereocenters. The first-order valence-corrected chi connectivity index (χ1v) is 5.38. The molecule has 1 fully saturated rings. The van der Waals surface area contributed by atoms with Crippen LogP contribution < -0.4 is 0 Å². The molecule has 1 aliphatic rings. The van der Waals surface area contributed by atoms with Crippen LogP contribution in [-0.2, 0) is 9.59 Å². The highest BCUT2D eigenvalue weighted by molar-refractivity contribution is 5.84. The number of hydrogen-bond acceptors (Lipinski definition) is 3. The Balaban J connectivity index is 2.80. The Kier molecular flexibility index (Phi) is 3.85. The molecule has 0 aromatic rings. The van der Waals surface area contributed by atoms with Gasteiger partial charge in [0, 0.05) is 6.42 Å². The van der Waals surface area contributed by atoms with Crippen LogP contribution in [0.2, 0.25) is 0 Å². The number of aliphatic carboxylic acids is 1. The summed E-state index contributed by atoms with van der Waals surface area (Å²) in [6.45, 7) is 3.16. The van der Waals surface area contributed by atoms with E-state index in [1.165, 1.54) is 6.92 Å². The Bertz CT molecular complexity index is 265. The van der Waals surface area contributed by atoms with Gasteiger partial charge in [-0.15, -0.1) is 0 Å². The molecule has 1 N–H and O–H groups in total. The SMILES string of the molecule is CC(=O)CC1(C(=O)O)CCCN(C)CC1. The maximum Gasteiger partial charge on any atom is 0.310 e. The molecule has 1 saturated heterocycles. The molecule has 0 bridgehead atoms. The van der Waals surface area contributed by atoms with Gasteiger partial charge in [0.05, 0.1) is 5.41 Å². The first-order chi connectivity index (χ1) is 6.96. The second-order valence-corrected chi connectivity index (χ2v) is 4.62. The third-order valence-corrected chi connectivity index (χ3v) is 3.21. The first kappa shape index (κ1) is 12.2. The van der Waals surface area contributed by atoms with Gasteiger partial charge in [-0.3, -0.25) is 9.59 Å². The summed E-state index contributed by atoms with van der Waals surface area (Å²) in [5, 5.41) is 9.28. The number of carboxylic acid groups (broad SMARTS) is 1. The monoisotopic (exact) mass is 213 g/mol. The third-order valence-electron chi connectivity index (χ3n) is 3.21. The van der Waals surface area contributed by atoms with Crippen molar-refractivity contribution in [1.29, 1.82) is 0 Å². The van der Waals surface area contributed by atoms with E-state index in [0.29, 0.717) is 12.8 Å². The standard InChI is InChI=1S/C11H19NO3/c1-9(13)8-11(10(14)15)4-3-6-12(2)7-5-11/h3-8H2,1-2H3,(H,14,15). The lowest BCUT2D eigenvalue weighted by molar-refractivity contribution is -0.152. The third kappa shape index (κ3) is 3.02. The summed E-state index contributed by atoms with van der Waals surface area (Å²) in [5.74, 6) is -0.838. The van der Waals surface area contributed by atoms with Crippen molar-refractivity contribution in [2.24, 2.45) is 5.41 Å². The van der Waals surface area contributed by atoms with E-state index in [4.69, 9.17) is 0 Å². The second-order valence-electron chi connectivity index (χ2n) is 4.62. The highest BCUT2D eigenvalue weighted by atomic mass is 16.4. The van der Waals surface area contributed by atoms with E-state index < -0.39 is 11.4 Å². The Morgan fingerprint density at radius 3 is 2.53 bits per heavy atom. The highest BCUT2D eigenvalue weighted by Crippen LogP contribution is 2.35. The lowest BCUT2D eigenvalue weighted by Gasteiger charge is -2.26. The minimum absolute atomic E-state index is 0.0260. The summed E-state index contributed by atoms with van der Waals surface area (Å²) >= 11 is 0. The van der Waals surface area contributed by atoms with Crippen LogP contribution in [0.25, 0.3) is 0 Å². The van der Waals surface area contributed by atoms with Crippen molar-refractivity contribution in [3.8, 4) is 0 Å². The first-order valence-electron chi connectivity index (χ1n) is 5.38. The molecule has 1 unspecified atom stereocenters. The van der Waals surface area contributed by atoms with Crippen molar-refractivity contribution in [1.82, 2.24) is 4.90 Å². The van der Waals surface area contributed by atoms with Gasteiger partial charge in [-0.05, 0) is 46.3 Å². The fourth-order valence-electron chi connectivity index (χ4n) is 2.27. The fraction of sp³-hybridized carbons (Fsp3) is 0.818. The zero-order valence-corrected chi connectivity index (χ0v) is 9.45. The number of carboxylic acids is 1. The fourth-order valence-corrected chi connectivity index (χ4v) is 2.27. The molecule has 0 aliphatic carbocycles. The van der Waals surface area contributed by atoms with E-state index in [9.17, 15) is 14.7 Å². The minimum Gasteiger partial charge on any atom is -0.481 e. The minimum atomic E-state index is -0.812.